The van der Waals surface area contributed by atoms with Crippen molar-refractivity contribution in [2.75, 3.05) is 13.7 Å². The Morgan fingerprint density at radius 2 is 1.83 bits per heavy atom. The SMILES string of the molecule is CCOc1ccc(CNC(=O)C[C@@H](c2ccccc2C)n2cccc2)cc1OC. The Balaban J connectivity index is 1.69. The average Bonchev–Trinajstić information content (AvgIpc) is 3.26. The fourth-order valence-electron chi connectivity index (χ4n) is 3.44. The van der Waals surface area contributed by atoms with Gasteiger partial charge in [-0.15, -0.1) is 0 Å². The molecule has 0 fully saturated rings. The van der Waals surface area contributed by atoms with Gasteiger partial charge in [0.2, 0.25) is 5.91 Å². The maximum Gasteiger partial charge on any atom is 0.222 e. The number of amides is 1. The monoisotopic (exact) mass is 392 g/mol. The van der Waals surface area contributed by atoms with Gasteiger partial charge in [0.25, 0.3) is 0 Å². The number of aromatic nitrogens is 1. The number of rotatable bonds is 9. The summed E-state index contributed by atoms with van der Waals surface area (Å²) in [6, 6.07) is 17.8. The Morgan fingerprint density at radius 1 is 1.07 bits per heavy atom. The highest BCUT2D eigenvalue weighted by atomic mass is 16.5. The molecule has 2 aromatic carbocycles. The van der Waals surface area contributed by atoms with Crippen molar-refractivity contribution in [3.8, 4) is 11.5 Å². The molecule has 3 aromatic rings. The van der Waals surface area contributed by atoms with Crippen LogP contribution < -0.4 is 14.8 Å². The molecule has 1 amide bonds. The van der Waals surface area contributed by atoms with Crippen molar-refractivity contribution in [2.24, 2.45) is 0 Å². The molecular weight excluding hydrogens is 364 g/mol. The minimum Gasteiger partial charge on any atom is -0.493 e. The summed E-state index contributed by atoms with van der Waals surface area (Å²) >= 11 is 0. The summed E-state index contributed by atoms with van der Waals surface area (Å²) in [5.41, 5.74) is 3.30. The summed E-state index contributed by atoms with van der Waals surface area (Å²) < 4.78 is 13.0. The number of carbonyl (C=O) groups is 1. The molecule has 0 aliphatic carbocycles. The van der Waals surface area contributed by atoms with Gasteiger partial charge < -0.3 is 19.4 Å². The Kier molecular flexibility index (Phi) is 6.95. The second kappa shape index (κ2) is 9.82. The predicted molar refractivity (Wildman–Crippen MR) is 114 cm³/mol. The van der Waals surface area contributed by atoms with E-state index in [0.717, 1.165) is 11.1 Å². The number of ether oxygens (including phenoxy) is 2. The number of aryl methyl sites for hydroxylation is 1. The smallest absolute Gasteiger partial charge is 0.222 e. The molecule has 29 heavy (non-hydrogen) atoms. The lowest BCUT2D eigenvalue weighted by Gasteiger charge is -2.21. The largest absolute Gasteiger partial charge is 0.493 e. The van der Waals surface area contributed by atoms with Crippen molar-refractivity contribution in [2.45, 2.75) is 32.9 Å². The van der Waals surface area contributed by atoms with E-state index in [1.165, 1.54) is 5.56 Å². The number of nitrogens with zero attached hydrogens (tertiary/aromatic N) is 1. The molecule has 0 unspecified atom stereocenters. The lowest BCUT2D eigenvalue weighted by molar-refractivity contribution is -0.121. The highest BCUT2D eigenvalue weighted by Gasteiger charge is 2.19. The average molecular weight is 392 g/mol. The second-order valence-corrected chi connectivity index (χ2v) is 6.90. The van der Waals surface area contributed by atoms with Gasteiger partial charge in [-0.25, -0.2) is 0 Å². The van der Waals surface area contributed by atoms with Crippen molar-refractivity contribution < 1.29 is 14.3 Å². The summed E-state index contributed by atoms with van der Waals surface area (Å²) in [4.78, 5) is 12.8. The van der Waals surface area contributed by atoms with E-state index in [1.807, 2.05) is 61.8 Å². The number of hydrogen-bond donors (Lipinski definition) is 1. The Hall–Kier alpha value is -3.21. The molecule has 0 saturated heterocycles. The molecule has 0 aliphatic heterocycles. The maximum absolute atomic E-state index is 12.8. The molecule has 0 saturated carbocycles. The van der Waals surface area contributed by atoms with Gasteiger partial charge in [-0.2, -0.15) is 0 Å². The topological polar surface area (TPSA) is 52.5 Å². The zero-order valence-electron chi connectivity index (χ0n) is 17.2. The first kappa shape index (κ1) is 20.5. The van der Waals surface area contributed by atoms with E-state index in [0.29, 0.717) is 31.1 Å². The number of hydrogen-bond acceptors (Lipinski definition) is 3. The quantitative estimate of drug-likeness (QED) is 0.583. The van der Waals surface area contributed by atoms with Gasteiger partial charge in [0.15, 0.2) is 11.5 Å². The Bertz CT molecular complexity index is 935. The van der Waals surface area contributed by atoms with E-state index in [-0.39, 0.29) is 11.9 Å². The first-order valence-electron chi connectivity index (χ1n) is 9.86. The van der Waals surface area contributed by atoms with Crippen LogP contribution in [0.5, 0.6) is 11.5 Å². The van der Waals surface area contributed by atoms with Crippen LogP contribution in [0.2, 0.25) is 0 Å². The summed E-state index contributed by atoms with van der Waals surface area (Å²) in [5.74, 6) is 1.38. The first-order valence-corrected chi connectivity index (χ1v) is 9.86. The summed E-state index contributed by atoms with van der Waals surface area (Å²) in [6.07, 6.45) is 4.37. The number of carbonyl (C=O) groups excluding carboxylic acids is 1. The van der Waals surface area contributed by atoms with Crippen LogP contribution >= 0.6 is 0 Å². The maximum atomic E-state index is 12.8. The van der Waals surface area contributed by atoms with Crippen LogP contribution in [0.15, 0.2) is 67.0 Å². The highest BCUT2D eigenvalue weighted by Crippen LogP contribution is 2.28. The van der Waals surface area contributed by atoms with Gasteiger partial charge in [0, 0.05) is 18.9 Å². The van der Waals surface area contributed by atoms with Gasteiger partial charge in [-0.1, -0.05) is 30.3 Å². The van der Waals surface area contributed by atoms with Gasteiger partial charge in [-0.3, -0.25) is 4.79 Å². The lowest BCUT2D eigenvalue weighted by atomic mass is 9.98. The third kappa shape index (κ3) is 5.19. The normalized spacial score (nSPS) is 11.7. The molecule has 5 heteroatoms. The fourth-order valence-corrected chi connectivity index (χ4v) is 3.44. The number of methoxy groups -OCH3 is 1. The first-order chi connectivity index (χ1) is 14.1. The van der Waals surface area contributed by atoms with E-state index < -0.39 is 0 Å². The third-order valence-corrected chi connectivity index (χ3v) is 4.93. The Morgan fingerprint density at radius 3 is 2.52 bits per heavy atom. The van der Waals surface area contributed by atoms with E-state index in [1.54, 1.807) is 7.11 Å². The summed E-state index contributed by atoms with van der Waals surface area (Å²) in [6.45, 7) is 5.03. The zero-order valence-corrected chi connectivity index (χ0v) is 17.2. The minimum absolute atomic E-state index is 0.000181. The molecule has 0 aliphatic rings. The molecule has 0 bridgehead atoms. The lowest BCUT2D eigenvalue weighted by Crippen LogP contribution is -2.26. The van der Waals surface area contributed by atoms with Crippen molar-refractivity contribution in [3.05, 3.63) is 83.7 Å². The molecular formula is C24H28N2O3. The van der Waals surface area contributed by atoms with Crippen LogP contribution in [0.1, 0.15) is 36.1 Å². The van der Waals surface area contributed by atoms with Crippen LogP contribution in [0.3, 0.4) is 0 Å². The highest BCUT2D eigenvalue weighted by molar-refractivity contribution is 5.77. The van der Waals surface area contributed by atoms with Gasteiger partial charge in [-0.05, 0) is 54.8 Å². The summed E-state index contributed by atoms with van der Waals surface area (Å²) in [5, 5.41) is 3.03. The minimum atomic E-state index is -0.0407. The standard InChI is InChI=1S/C24H28N2O3/c1-4-29-22-12-11-19(15-23(22)28-3)17-25-24(27)16-21(26-13-7-8-14-26)20-10-6-5-9-18(20)2/h5-15,21H,4,16-17H2,1-3H3,(H,25,27)/t21-/m0/s1. The van der Waals surface area contributed by atoms with E-state index in [4.69, 9.17) is 9.47 Å². The van der Waals surface area contributed by atoms with Crippen LogP contribution in [0.4, 0.5) is 0 Å². The molecule has 1 heterocycles. The predicted octanol–water partition coefficient (Wildman–Crippen LogP) is 4.50. The number of benzene rings is 2. The molecule has 5 nitrogen and oxygen atoms in total. The van der Waals surface area contributed by atoms with E-state index >= 15 is 0 Å². The van der Waals surface area contributed by atoms with Crippen molar-refractivity contribution in [1.82, 2.24) is 9.88 Å². The van der Waals surface area contributed by atoms with Gasteiger partial charge in [0.05, 0.1) is 26.2 Å². The second-order valence-electron chi connectivity index (χ2n) is 6.90. The van der Waals surface area contributed by atoms with Crippen molar-refractivity contribution in [1.29, 1.82) is 0 Å². The number of nitrogens with one attached hydrogen (secondary N) is 1. The molecule has 0 spiro atoms. The van der Waals surface area contributed by atoms with Crippen molar-refractivity contribution in [3.63, 3.8) is 0 Å². The molecule has 1 atom stereocenters. The third-order valence-electron chi connectivity index (χ3n) is 4.93. The summed E-state index contributed by atoms with van der Waals surface area (Å²) in [7, 11) is 1.62. The Labute approximate surface area is 172 Å². The molecule has 0 radical (unpaired) electrons. The zero-order chi connectivity index (χ0) is 20.6. The molecule has 1 N–H and O–H groups in total. The fraction of sp³-hybridized carbons (Fsp3) is 0.292. The van der Waals surface area contributed by atoms with Crippen molar-refractivity contribution >= 4 is 5.91 Å². The van der Waals surface area contributed by atoms with Crippen LogP contribution in [0.25, 0.3) is 0 Å². The van der Waals surface area contributed by atoms with E-state index in [2.05, 4.69) is 28.9 Å². The molecule has 3 rings (SSSR count). The van der Waals surface area contributed by atoms with Crippen LogP contribution in [0, 0.1) is 6.92 Å². The van der Waals surface area contributed by atoms with Crippen LogP contribution in [-0.4, -0.2) is 24.2 Å². The van der Waals surface area contributed by atoms with Crippen LogP contribution in [-0.2, 0) is 11.3 Å². The van der Waals surface area contributed by atoms with Gasteiger partial charge in [0.1, 0.15) is 0 Å². The molecule has 152 valence electrons. The van der Waals surface area contributed by atoms with E-state index in [9.17, 15) is 4.79 Å². The molecule has 1 aromatic heterocycles. The van der Waals surface area contributed by atoms with Gasteiger partial charge >= 0.3 is 0 Å².